The van der Waals surface area contributed by atoms with Crippen LogP contribution in [-0.2, 0) is 9.59 Å². The number of carbonyl (C=O) groups is 3. The zero-order valence-electron chi connectivity index (χ0n) is 15.7. The minimum absolute atomic E-state index is 0.120. The van der Waals surface area contributed by atoms with E-state index in [1.807, 2.05) is 18.2 Å². The number of imide groups is 1. The van der Waals surface area contributed by atoms with Gasteiger partial charge >= 0.3 is 0 Å². The first-order chi connectivity index (χ1) is 14.1. The molecule has 2 aliphatic rings. The number of pyridine rings is 1. The summed E-state index contributed by atoms with van der Waals surface area (Å²) in [5, 5.41) is 0.908. The Hall–Kier alpha value is -3.48. The molecule has 0 radical (unpaired) electrons. The molecule has 146 valence electrons. The fourth-order valence-corrected chi connectivity index (χ4v) is 3.62. The molecule has 3 aromatic rings. The van der Waals surface area contributed by atoms with E-state index in [4.69, 9.17) is 4.74 Å². The van der Waals surface area contributed by atoms with Crippen LogP contribution in [0, 0.1) is 5.92 Å². The van der Waals surface area contributed by atoms with Crippen molar-refractivity contribution in [3.63, 3.8) is 0 Å². The van der Waals surface area contributed by atoms with Crippen LogP contribution in [0.25, 0.3) is 10.9 Å². The highest BCUT2D eigenvalue weighted by atomic mass is 16.5. The zero-order chi connectivity index (χ0) is 20.0. The normalized spacial score (nSPS) is 16.6. The lowest BCUT2D eigenvalue weighted by Gasteiger charge is -2.14. The standard InChI is InChI=1S/C22H19N3O4/c26-20-5-6-21(27)25(20)19-13-17(7-9-23-19)29-16-3-4-18-15(12-16)8-10-24(18)22(28)11-14-1-2-14/h3-4,7-10,12-14H,1-2,5-6,11H2. The lowest BCUT2D eigenvalue weighted by molar-refractivity contribution is -0.121. The maximum Gasteiger partial charge on any atom is 0.235 e. The van der Waals surface area contributed by atoms with Gasteiger partial charge in [0.2, 0.25) is 17.7 Å². The molecule has 0 bridgehead atoms. The van der Waals surface area contributed by atoms with Crippen LogP contribution in [0.5, 0.6) is 11.5 Å². The SMILES string of the molecule is O=C1CCC(=O)N1c1cc(Oc2ccc3c(ccn3C(=O)CC3CC3)c2)ccn1. The van der Waals surface area contributed by atoms with Gasteiger partial charge in [0.05, 0.1) is 5.52 Å². The maximum atomic E-state index is 12.4. The van der Waals surface area contributed by atoms with Crippen LogP contribution in [0.15, 0.2) is 48.8 Å². The second kappa shape index (κ2) is 6.84. The molecule has 7 heteroatoms. The third-order valence-corrected chi connectivity index (χ3v) is 5.32. The summed E-state index contributed by atoms with van der Waals surface area (Å²) in [6, 6.07) is 10.7. The van der Waals surface area contributed by atoms with Gasteiger partial charge in [0.1, 0.15) is 17.3 Å². The van der Waals surface area contributed by atoms with Gasteiger partial charge in [-0.2, -0.15) is 0 Å². The van der Waals surface area contributed by atoms with Crippen molar-refractivity contribution in [3.05, 3.63) is 48.8 Å². The number of hydrogen-bond acceptors (Lipinski definition) is 5. The van der Waals surface area contributed by atoms with E-state index in [9.17, 15) is 14.4 Å². The van der Waals surface area contributed by atoms with Crippen molar-refractivity contribution in [2.45, 2.75) is 32.1 Å². The maximum absolute atomic E-state index is 12.4. The third-order valence-electron chi connectivity index (χ3n) is 5.32. The molecule has 2 aromatic heterocycles. The molecule has 0 unspecified atom stereocenters. The molecule has 0 spiro atoms. The largest absolute Gasteiger partial charge is 0.457 e. The summed E-state index contributed by atoms with van der Waals surface area (Å²) in [5.74, 6) is 1.50. The Kier molecular flexibility index (Phi) is 4.16. The number of ether oxygens (including phenoxy) is 1. The first kappa shape index (κ1) is 17.6. The molecule has 1 aliphatic heterocycles. The first-order valence-electron chi connectivity index (χ1n) is 9.72. The van der Waals surface area contributed by atoms with Crippen LogP contribution in [0.2, 0.25) is 0 Å². The molecule has 2 amide bonds. The monoisotopic (exact) mass is 389 g/mol. The zero-order valence-corrected chi connectivity index (χ0v) is 15.7. The molecule has 3 heterocycles. The first-order valence-corrected chi connectivity index (χ1v) is 9.72. The minimum atomic E-state index is -0.252. The van der Waals surface area contributed by atoms with Gasteiger partial charge in [0.15, 0.2) is 0 Å². The smallest absolute Gasteiger partial charge is 0.235 e. The Labute approximate surface area is 166 Å². The number of aromatic nitrogens is 2. The fraction of sp³-hybridized carbons (Fsp3) is 0.273. The van der Waals surface area contributed by atoms with Crippen LogP contribution in [0.3, 0.4) is 0 Å². The summed E-state index contributed by atoms with van der Waals surface area (Å²) in [5.41, 5.74) is 0.853. The molecular formula is C22H19N3O4. The Morgan fingerprint density at radius 2 is 1.79 bits per heavy atom. The Bertz CT molecular complexity index is 1130. The van der Waals surface area contributed by atoms with Crippen molar-refractivity contribution >= 4 is 34.4 Å². The highest BCUT2D eigenvalue weighted by molar-refractivity contribution is 6.19. The van der Waals surface area contributed by atoms with Gasteiger partial charge in [0, 0.05) is 43.1 Å². The number of amides is 2. The summed E-state index contributed by atoms with van der Waals surface area (Å²) < 4.78 is 7.62. The van der Waals surface area contributed by atoms with E-state index in [0.717, 1.165) is 28.6 Å². The highest BCUT2D eigenvalue weighted by Crippen LogP contribution is 2.34. The van der Waals surface area contributed by atoms with E-state index < -0.39 is 0 Å². The molecule has 1 aliphatic carbocycles. The predicted molar refractivity (Wildman–Crippen MR) is 106 cm³/mol. The van der Waals surface area contributed by atoms with Crippen LogP contribution >= 0.6 is 0 Å². The number of rotatable bonds is 5. The molecule has 1 saturated carbocycles. The second-order valence-electron chi connectivity index (χ2n) is 7.52. The van der Waals surface area contributed by atoms with Crippen LogP contribution < -0.4 is 9.64 Å². The number of carbonyl (C=O) groups excluding carboxylic acids is 3. The summed E-state index contributed by atoms with van der Waals surface area (Å²) in [7, 11) is 0. The van der Waals surface area contributed by atoms with Gasteiger partial charge in [-0.1, -0.05) is 0 Å². The quantitative estimate of drug-likeness (QED) is 0.618. The van der Waals surface area contributed by atoms with Gasteiger partial charge in [-0.05, 0) is 49.1 Å². The van der Waals surface area contributed by atoms with E-state index in [2.05, 4.69) is 4.98 Å². The third kappa shape index (κ3) is 3.40. The van der Waals surface area contributed by atoms with E-state index in [-0.39, 0.29) is 36.4 Å². The Morgan fingerprint density at radius 1 is 1.03 bits per heavy atom. The van der Waals surface area contributed by atoms with E-state index in [1.54, 1.807) is 29.0 Å². The summed E-state index contributed by atoms with van der Waals surface area (Å²) in [4.78, 5) is 41.5. The van der Waals surface area contributed by atoms with Crippen molar-refractivity contribution < 1.29 is 19.1 Å². The van der Waals surface area contributed by atoms with Crippen LogP contribution in [-0.4, -0.2) is 27.3 Å². The summed E-state index contributed by atoms with van der Waals surface area (Å²) in [6.07, 6.45) is 6.60. The molecule has 2 fully saturated rings. The number of hydrogen-bond donors (Lipinski definition) is 0. The Morgan fingerprint density at radius 3 is 2.55 bits per heavy atom. The number of nitrogens with zero attached hydrogens (tertiary/aromatic N) is 3. The van der Waals surface area contributed by atoms with E-state index >= 15 is 0 Å². The molecule has 7 nitrogen and oxygen atoms in total. The predicted octanol–water partition coefficient (Wildman–Crippen LogP) is 3.92. The molecule has 0 N–H and O–H groups in total. The van der Waals surface area contributed by atoms with Crippen molar-refractivity contribution in [2.75, 3.05) is 4.90 Å². The Balaban J connectivity index is 1.38. The lowest BCUT2D eigenvalue weighted by atomic mass is 10.2. The van der Waals surface area contributed by atoms with Crippen molar-refractivity contribution in [1.29, 1.82) is 0 Å². The molecule has 1 aromatic carbocycles. The molecule has 0 atom stereocenters. The van der Waals surface area contributed by atoms with Gasteiger partial charge in [-0.3, -0.25) is 19.0 Å². The number of anilines is 1. The molecular weight excluding hydrogens is 370 g/mol. The van der Waals surface area contributed by atoms with Crippen LogP contribution in [0.1, 0.15) is 36.9 Å². The fourth-order valence-electron chi connectivity index (χ4n) is 3.62. The van der Waals surface area contributed by atoms with Crippen molar-refractivity contribution in [3.8, 4) is 11.5 Å². The summed E-state index contributed by atoms with van der Waals surface area (Å²) >= 11 is 0. The molecule has 1 saturated heterocycles. The van der Waals surface area contributed by atoms with Crippen molar-refractivity contribution in [2.24, 2.45) is 5.92 Å². The van der Waals surface area contributed by atoms with Gasteiger partial charge in [0.25, 0.3) is 0 Å². The topological polar surface area (TPSA) is 81.5 Å². The van der Waals surface area contributed by atoms with Gasteiger partial charge in [-0.15, -0.1) is 0 Å². The van der Waals surface area contributed by atoms with E-state index in [0.29, 0.717) is 23.8 Å². The second-order valence-corrected chi connectivity index (χ2v) is 7.52. The van der Waals surface area contributed by atoms with Crippen LogP contribution in [0.4, 0.5) is 5.82 Å². The van der Waals surface area contributed by atoms with Gasteiger partial charge in [-0.25, -0.2) is 9.88 Å². The lowest BCUT2D eigenvalue weighted by Crippen LogP contribution is -2.29. The highest BCUT2D eigenvalue weighted by Gasteiger charge is 2.31. The van der Waals surface area contributed by atoms with Crippen molar-refractivity contribution in [1.82, 2.24) is 9.55 Å². The summed E-state index contributed by atoms with van der Waals surface area (Å²) in [6.45, 7) is 0. The van der Waals surface area contributed by atoms with Gasteiger partial charge < -0.3 is 4.74 Å². The molecule has 29 heavy (non-hydrogen) atoms. The molecule has 5 rings (SSSR count). The average Bonchev–Trinajstić information content (AvgIpc) is 3.31. The average molecular weight is 389 g/mol. The minimum Gasteiger partial charge on any atom is -0.457 e. The number of fused-ring (bicyclic) bond motifs is 1. The number of benzene rings is 1. The van der Waals surface area contributed by atoms with E-state index in [1.165, 1.54) is 6.20 Å².